The smallest absolute Gasteiger partial charge is 0.0599 e. The molecule has 0 radical (unpaired) electrons. The van der Waals surface area contributed by atoms with Gasteiger partial charge in [0.2, 0.25) is 0 Å². The molecular formula is C15H23NO. The Morgan fingerprint density at radius 3 is 2.65 bits per heavy atom. The molecule has 1 saturated heterocycles. The third kappa shape index (κ3) is 4.14. The van der Waals surface area contributed by atoms with E-state index >= 15 is 0 Å². The molecule has 1 aliphatic rings. The van der Waals surface area contributed by atoms with Crippen LogP contribution in [0.2, 0.25) is 0 Å². The second kappa shape index (κ2) is 6.77. The van der Waals surface area contributed by atoms with E-state index in [0.29, 0.717) is 6.10 Å². The molecule has 0 aliphatic carbocycles. The molecule has 2 heteroatoms. The predicted molar refractivity (Wildman–Crippen MR) is 71.2 cm³/mol. The van der Waals surface area contributed by atoms with E-state index in [1.807, 2.05) is 0 Å². The maximum Gasteiger partial charge on any atom is 0.0599 e. The first-order valence-corrected chi connectivity index (χ1v) is 6.72. The average Bonchev–Trinajstić information content (AvgIpc) is 2.27. The molecule has 1 aliphatic heterocycles. The number of aryl methyl sites for hydroxylation is 1. The van der Waals surface area contributed by atoms with Crippen LogP contribution in [0.15, 0.2) is 30.3 Å². The summed E-state index contributed by atoms with van der Waals surface area (Å²) < 4.78 is 5.84. The van der Waals surface area contributed by atoms with Crippen LogP contribution in [0.25, 0.3) is 0 Å². The zero-order chi connectivity index (χ0) is 11.9. The highest BCUT2D eigenvalue weighted by atomic mass is 16.5. The van der Waals surface area contributed by atoms with Crippen molar-refractivity contribution in [2.75, 3.05) is 19.7 Å². The molecule has 2 nitrogen and oxygen atoms in total. The van der Waals surface area contributed by atoms with Crippen LogP contribution in [0.3, 0.4) is 0 Å². The first-order valence-electron chi connectivity index (χ1n) is 6.72. The average molecular weight is 233 g/mol. The topological polar surface area (TPSA) is 21.3 Å². The molecule has 1 fully saturated rings. The van der Waals surface area contributed by atoms with Gasteiger partial charge in [-0.1, -0.05) is 30.3 Å². The van der Waals surface area contributed by atoms with Gasteiger partial charge >= 0.3 is 0 Å². The van der Waals surface area contributed by atoms with Crippen molar-refractivity contribution < 1.29 is 4.74 Å². The zero-order valence-electron chi connectivity index (χ0n) is 10.7. The van der Waals surface area contributed by atoms with Gasteiger partial charge in [0.1, 0.15) is 0 Å². The van der Waals surface area contributed by atoms with Crippen molar-refractivity contribution in [2.24, 2.45) is 5.92 Å². The van der Waals surface area contributed by atoms with Crippen molar-refractivity contribution in [2.45, 2.75) is 32.3 Å². The van der Waals surface area contributed by atoms with Gasteiger partial charge in [0, 0.05) is 25.6 Å². The standard InChI is InChI=1S/C15H23NO/c1-13(15-11-16-12-15)17-10-6-5-9-14-7-3-2-4-8-14/h2-4,7-8,13,15-16H,5-6,9-12H2,1H3/t13-/m1/s1. The van der Waals surface area contributed by atoms with Gasteiger partial charge in [-0.15, -0.1) is 0 Å². The lowest BCUT2D eigenvalue weighted by Crippen LogP contribution is -2.48. The lowest BCUT2D eigenvalue weighted by atomic mass is 9.98. The lowest BCUT2D eigenvalue weighted by Gasteiger charge is -2.32. The largest absolute Gasteiger partial charge is 0.378 e. The van der Waals surface area contributed by atoms with Crippen LogP contribution in [0.4, 0.5) is 0 Å². The Morgan fingerprint density at radius 2 is 2.00 bits per heavy atom. The Labute approximate surface area is 104 Å². The quantitative estimate of drug-likeness (QED) is 0.731. The van der Waals surface area contributed by atoms with E-state index in [4.69, 9.17) is 4.74 Å². The summed E-state index contributed by atoms with van der Waals surface area (Å²) in [5.74, 6) is 0.740. The number of hydrogen-bond donors (Lipinski definition) is 1. The SMILES string of the molecule is C[C@@H](OCCCCc1ccccc1)C1CNC1. The minimum atomic E-state index is 0.424. The maximum atomic E-state index is 5.84. The Hall–Kier alpha value is -0.860. The second-order valence-electron chi connectivity index (χ2n) is 4.94. The van der Waals surface area contributed by atoms with Crippen LogP contribution in [-0.4, -0.2) is 25.8 Å². The highest BCUT2D eigenvalue weighted by Crippen LogP contribution is 2.13. The van der Waals surface area contributed by atoms with Gasteiger partial charge in [-0.05, 0) is 31.7 Å². The summed E-state index contributed by atoms with van der Waals surface area (Å²) in [4.78, 5) is 0. The van der Waals surface area contributed by atoms with E-state index < -0.39 is 0 Å². The molecule has 94 valence electrons. The van der Waals surface area contributed by atoms with Crippen molar-refractivity contribution in [3.8, 4) is 0 Å². The fraction of sp³-hybridized carbons (Fsp3) is 0.600. The van der Waals surface area contributed by atoms with Gasteiger partial charge in [0.15, 0.2) is 0 Å². The van der Waals surface area contributed by atoms with Crippen molar-refractivity contribution in [1.29, 1.82) is 0 Å². The van der Waals surface area contributed by atoms with Crippen LogP contribution in [0.5, 0.6) is 0 Å². The molecular weight excluding hydrogens is 210 g/mol. The molecule has 1 aromatic carbocycles. The molecule has 0 unspecified atom stereocenters. The minimum Gasteiger partial charge on any atom is -0.378 e. The monoisotopic (exact) mass is 233 g/mol. The van der Waals surface area contributed by atoms with Gasteiger partial charge in [-0.2, -0.15) is 0 Å². The molecule has 0 spiro atoms. The maximum absolute atomic E-state index is 5.84. The van der Waals surface area contributed by atoms with Crippen LogP contribution in [-0.2, 0) is 11.2 Å². The fourth-order valence-electron chi connectivity index (χ4n) is 2.12. The highest BCUT2D eigenvalue weighted by molar-refractivity contribution is 5.14. The van der Waals surface area contributed by atoms with E-state index in [-0.39, 0.29) is 0 Å². The highest BCUT2D eigenvalue weighted by Gasteiger charge is 2.23. The Bertz CT molecular complexity index is 308. The number of nitrogens with one attached hydrogen (secondary N) is 1. The van der Waals surface area contributed by atoms with Crippen LogP contribution < -0.4 is 5.32 Å². The van der Waals surface area contributed by atoms with Crippen molar-refractivity contribution in [3.63, 3.8) is 0 Å². The fourth-order valence-corrected chi connectivity index (χ4v) is 2.12. The van der Waals surface area contributed by atoms with Gasteiger partial charge in [-0.3, -0.25) is 0 Å². The minimum absolute atomic E-state index is 0.424. The van der Waals surface area contributed by atoms with Crippen molar-refractivity contribution >= 4 is 0 Å². The summed E-state index contributed by atoms with van der Waals surface area (Å²) in [7, 11) is 0. The molecule has 17 heavy (non-hydrogen) atoms. The number of unbranched alkanes of at least 4 members (excludes halogenated alkanes) is 1. The summed E-state index contributed by atoms with van der Waals surface area (Å²) in [5, 5.41) is 3.29. The molecule has 2 rings (SSSR count). The number of ether oxygens (including phenoxy) is 1. The molecule has 0 saturated carbocycles. The Morgan fingerprint density at radius 1 is 1.24 bits per heavy atom. The molecule has 1 heterocycles. The number of hydrogen-bond acceptors (Lipinski definition) is 2. The summed E-state index contributed by atoms with van der Waals surface area (Å²) in [6.07, 6.45) is 3.98. The van der Waals surface area contributed by atoms with Gasteiger partial charge in [-0.25, -0.2) is 0 Å². The third-order valence-corrected chi connectivity index (χ3v) is 3.56. The van der Waals surface area contributed by atoms with Crippen LogP contribution in [0, 0.1) is 5.92 Å². The van der Waals surface area contributed by atoms with E-state index in [1.165, 1.54) is 24.8 Å². The normalized spacial score (nSPS) is 17.7. The van der Waals surface area contributed by atoms with Gasteiger partial charge < -0.3 is 10.1 Å². The summed E-state index contributed by atoms with van der Waals surface area (Å²) in [5.41, 5.74) is 1.43. The number of rotatable bonds is 7. The number of benzene rings is 1. The molecule has 1 N–H and O–H groups in total. The van der Waals surface area contributed by atoms with E-state index in [1.54, 1.807) is 0 Å². The lowest BCUT2D eigenvalue weighted by molar-refractivity contribution is 0.00632. The Balaban J connectivity index is 1.51. The Kier molecular flexibility index (Phi) is 5.02. The molecule has 1 aromatic rings. The molecule has 1 atom stereocenters. The molecule has 0 amide bonds. The summed E-state index contributed by atoms with van der Waals surface area (Å²) >= 11 is 0. The summed E-state index contributed by atoms with van der Waals surface area (Å²) in [6.45, 7) is 5.36. The molecule has 0 aromatic heterocycles. The van der Waals surface area contributed by atoms with Crippen molar-refractivity contribution in [1.82, 2.24) is 5.32 Å². The van der Waals surface area contributed by atoms with Crippen molar-refractivity contribution in [3.05, 3.63) is 35.9 Å². The van der Waals surface area contributed by atoms with Gasteiger partial charge in [0.05, 0.1) is 6.10 Å². The zero-order valence-corrected chi connectivity index (χ0v) is 10.7. The first kappa shape index (κ1) is 12.6. The second-order valence-corrected chi connectivity index (χ2v) is 4.94. The van der Waals surface area contributed by atoms with E-state index in [0.717, 1.165) is 25.6 Å². The summed E-state index contributed by atoms with van der Waals surface area (Å²) in [6, 6.07) is 10.7. The first-order chi connectivity index (χ1) is 8.36. The van der Waals surface area contributed by atoms with E-state index in [9.17, 15) is 0 Å². The van der Waals surface area contributed by atoms with Gasteiger partial charge in [0.25, 0.3) is 0 Å². The van der Waals surface area contributed by atoms with Crippen LogP contribution in [0.1, 0.15) is 25.3 Å². The molecule has 0 bridgehead atoms. The van der Waals surface area contributed by atoms with Crippen LogP contribution >= 0.6 is 0 Å². The predicted octanol–water partition coefficient (Wildman–Crippen LogP) is 2.63. The van der Waals surface area contributed by atoms with E-state index in [2.05, 4.69) is 42.6 Å². The third-order valence-electron chi connectivity index (χ3n) is 3.56.